The van der Waals surface area contributed by atoms with E-state index >= 15 is 0 Å². The van der Waals surface area contributed by atoms with Gasteiger partial charge in [0.05, 0.1) is 0 Å². The first kappa shape index (κ1) is 8.84. The van der Waals surface area contributed by atoms with Gasteiger partial charge in [-0.05, 0) is 0 Å². The molecule has 5 heavy (non-hydrogen) atoms. The van der Waals surface area contributed by atoms with Crippen LogP contribution in [0.15, 0.2) is 0 Å². The van der Waals surface area contributed by atoms with Gasteiger partial charge in [-0.25, -0.2) is 4.79 Å². The summed E-state index contributed by atoms with van der Waals surface area (Å²) >= 11 is 0. The van der Waals surface area contributed by atoms with Crippen LogP contribution in [-0.4, -0.2) is 33.7 Å². The molecular weight excluding hydrogens is 87.0 g/mol. The van der Waals surface area contributed by atoms with Gasteiger partial charge in [-0.1, -0.05) is 0 Å². The predicted octanol–water partition coefficient (Wildman–Crippen LogP) is -0.0459. The van der Waals surface area contributed by atoms with Crippen molar-refractivity contribution in [2.24, 2.45) is 0 Å². The molecule has 0 bridgehead atoms. The molecule has 3 nitrogen and oxygen atoms in total. The average molecular weight is 90.0 g/mol. The molecule has 0 aromatic carbocycles. The van der Waals surface area contributed by atoms with Gasteiger partial charge < -0.3 is 10.2 Å². The van der Waals surface area contributed by atoms with Crippen molar-refractivity contribution in [1.29, 1.82) is 0 Å². The van der Waals surface area contributed by atoms with Crippen molar-refractivity contribution in [3.63, 3.8) is 0 Å². The van der Waals surface area contributed by atoms with Crippen molar-refractivity contribution in [3.8, 4) is 0 Å². The fourth-order valence-electron chi connectivity index (χ4n) is 0. The van der Waals surface area contributed by atoms with Crippen LogP contribution in [0.4, 0.5) is 4.79 Å². The normalized spacial score (nSPS) is 4.80. The molecule has 0 saturated carbocycles. The summed E-state index contributed by atoms with van der Waals surface area (Å²) in [6.45, 7) is 0. The van der Waals surface area contributed by atoms with Crippen molar-refractivity contribution >= 4 is 23.5 Å². The molecule has 0 unspecified atom stereocenters. The molecule has 2 N–H and O–H groups in total. The molecule has 0 spiro atoms. The van der Waals surface area contributed by atoms with E-state index in [0.717, 1.165) is 0 Å². The maximum atomic E-state index is 8.56. The van der Waals surface area contributed by atoms with Crippen LogP contribution in [0.25, 0.3) is 0 Å². The van der Waals surface area contributed by atoms with Crippen LogP contribution in [0.1, 0.15) is 1.43 Å². The van der Waals surface area contributed by atoms with E-state index in [-0.39, 0.29) is 18.8 Å². The van der Waals surface area contributed by atoms with Crippen LogP contribution in [0.2, 0.25) is 0 Å². The molecule has 0 amide bonds. The van der Waals surface area contributed by atoms with Gasteiger partial charge in [0.2, 0.25) is 0 Å². The molecule has 0 aliphatic heterocycles. The summed E-state index contributed by atoms with van der Waals surface area (Å²) in [6, 6.07) is 0. The zero-order valence-corrected chi connectivity index (χ0v) is 3.53. The second-order valence-electron chi connectivity index (χ2n) is 0.283. The summed E-state index contributed by atoms with van der Waals surface area (Å²) in [7, 11) is 0. The molecule has 0 fully saturated rings. The largest absolute Gasteiger partial charge is 3.00 e. The predicted molar refractivity (Wildman–Crippen MR) is 17.5 cm³/mol. The van der Waals surface area contributed by atoms with Crippen LogP contribution in [0, 0.1) is 0 Å². The van der Waals surface area contributed by atoms with Gasteiger partial charge >= 0.3 is 24.9 Å². The molecule has 0 aliphatic rings. The Labute approximate surface area is 40.8 Å². The first-order valence-electron chi connectivity index (χ1n) is 0.651. The summed E-state index contributed by atoms with van der Waals surface area (Å²) in [5, 5.41) is 13.9. The van der Waals surface area contributed by atoms with Crippen LogP contribution in [-0.2, 0) is 0 Å². The second-order valence-corrected chi connectivity index (χ2v) is 0.283. The number of hydrogen-bond acceptors (Lipinski definition) is 1. The van der Waals surface area contributed by atoms with Crippen molar-refractivity contribution in [2.45, 2.75) is 0 Å². The van der Waals surface area contributed by atoms with Gasteiger partial charge in [-0.3, -0.25) is 0 Å². The van der Waals surface area contributed by atoms with Crippen molar-refractivity contribution in [1.82, 2.24) is 0 Å². The van der Waals surface area contributed by atoms with Gasteiger partial charge in [0.25, 0.3) is 0 Å². The zero-order valence-electron chi connectivity index (χ0n) is 3.38. The van der Waals surface area contributed by atoms with Gasteiger partial charge in [0, 0.05) is 0 Å². The molecule has 0 aliphatic carbocycles. The SMILES string of the molecule is O=C(O)O.[Al+3].[H+]. The fourth-order valence-corrected chi connectivity index (χ4v) is 0. The first-order chi connectivity index (χ1) is 1.73. The molecular formula is CH3AlO3+4. The van der Waals surface area contributed by atoms with Crippen molar-refractivity contribution in [2.75, 3.05) is 0 Å². The standard InChI is InChI=1S/CH2O3.Al/c2-1(3)4;/h(H2,2,3,4);/q;+3/p+1. The molecule has 24 valence electrons. The molecule has 0 aromatic heterocycles. The van der Waals surface area contributed by atoms with E-state index < -0.39 is 6.16 Å². The Morgan fingerprint density at radius 2 is 1.60 bits per heavy atom. The minimum Gasteiger partial charge on any atom is -0.450 e. The van der Waals surface area contributed by atoms with Gasteiger partial charge in [-0.15, -0.1) is 0 Å². The third-order valence-electron chi connectivity index (χ3n) is 0. The Balaban J connectivity index is -0.0000000450. The topological polar surface area (TPSA) is 57.5 Å². The second kappa shape index (κ2) is 3.80. The third kappa shape index (κ3) is 317. The molecule has 0 atom stereocenters. The maximum absolute atomic E-state index is 8.56. The van der Waals surface area contributed by atoms with E-state index in [1.54, 1.807) is 0 Å². The number of carbonyl (C=O) groups is 1. The number of rotatable bonds is 0. The van der Waals surface area contributed by atoms with Crippen LogP contribution >= 0.6 is 0 Å². The third-order valence-corrected chi connectivity index (χ3v) is 0. The molecule has 0 radical (unpaired) electrons. The van der Waals surface area contributed by atoms with Crippen LogP contribution in [0.5, 0.6) is 0 Å². The summed E-state index contributed by atoms with van der Waals surface area (Å²) in [4.78, 5) is 8.56. The quantitative estimate of drug-likeness (QED) is 0.410. The van der Waals surface area contributed by atoms with E-state index in [2.05, 4.69) is 0 Å². The minimum absolute atomic E-state index is 0. The van der Waals surface area contributed by atoms with Crippen LogP contribution in [0.3, 0.4) is 0 Å². The molecule has 4 heteroatoms. The van der Waals surface area contributed by atoms with E-state index in [1.807, 2.05) is 0 Å². The smallest absolute Gasteiger partial charge is 0.450 e. The summed E-state index contributed by atoms with van der Waals surface area (Å²) < 4.78 is 0. The summed E-state index contributed by atoms with van der Waals surface area (Å²) in [5.74, 6) is 0. The monoisotopic (exact) mass is 90.0 g/mol. The van der Waals surface area contributed by atoms with Gasteiger partial charge in [0.1, 0.15) is 0 Å². The van der Waals surface area contributed by atoms with E-state index in [9.17, 15) is 0 Å². The van der Waals surface area contributed by atoms with Crippen molar-refractivity contribution < 1.29 is 16.4 Å². The Morgan fingerprint density at radius 1 is 1.60 bits per heavy atom. The molecule has 0 saturated heterocycles. The molecule has 0 heterocycles. The molecule has 0 rings (SSSR count). The number of hydrogen-bond donors (Lipinski definition) is 2. The minimum atomic E-state index is -1.83. The summed E-state index contributed by atoms with van der Waals surface area (Å²) in [5.41, 5.74) is 0. The Kier molecular flexibility index (Phi) is 6.72. The molecule has 0 aromatic rings. The van der Waals surface area contributed by atoms with Gasteiger partial charge in [-0.2, -0.15) is 0 Å². The summed E-state index contributed by atoms with van der Waals surface area (Å²) in [6.07, 6.45) is -1.83. The fraction of sp³-hybridized carbons (Fsp3) is 0. The Hall–Kier alpha value is -0.198. The Bertz CT molecular complexity index is 33.8. The first-order valence-corrected chi connectivity index (χ1v) is 0.651. The van der Waals surface area contributed by atoms with E-state index in [1.165, 1.54) is 0 Å². The van der Waals surface area contributed by atoms with E-state index in [4.69, 9.17) is 15.0 Å². The van der Waals surface area contributed by atoms with E-state index in [0.29, 0.717) is 0 Å². The Morgan fingerprint density at radius 3 is 1.60 bits per heavy atom. The van der Waals surface area contributed by atoms with Crippen molar-refractivity contribution in [3.05, 3.63) is 0 Å². The van der Waals surface area contributed by atoms with Crippen LogP contribution < -0.4 is 0 Å². The number of carboxylic acid groups (broad SMARTS) is 2. The van der Waals surface area contributed by atoms with Gasteiger partial charge in [0.15, 0.2) is 0 Å². The maximum Gasteiger partial charge on any atom is 3.00 e. The average Bonchev–Trinajstić information content (AvgIpc) is 0.811. The zero-order chi connectivity index (χ0) is 3.58.